The van der Waals surface area contributed by atoms with Gasteiger partial charge in [0.15, 0.2) is 5.78 Å². The van der Waals surface area contributed by atoms with Crippen molar-refractivity contribution in [1.29, 1.82) is 0 Å². The number of ketones is 1. The molecule has 0 aliphatic carbocycles. The van der Waals surface area contributed by atoms with Crippen LogP contribution in [-0.4, -0.2) is 64.2 Å². The number of fused-ring (bicyclic) bond motifs is 1. The molecule has 2 aromatic carbocycles. The molecular weight excluding hydrogens is 452 g/mol. The molecule has 4 aromatic rings. The number of piperazine rings is 1. The van der Waals surface area contributed by atoms with E-state index in [1.54, 1.807) is 21.0 Å². The summed E-state index contributed by atoms with van der Waals surface area (Å²) in [5, 5.41) is 0. The number of methoxy groups -OCH3 is 1. The fourth-order valence-corrected chi connectivity index (χ4v) is 4.75. The second kappa shape index (κ2) is 9.95. The monoisotopic (exact) mass is 482 g/mol. The van der Waals surface area contributed by atoms with E-state index in [2.05, 4.69) is 27.6 Å². The lowest BCUT2D eigenvalue weighted by atomic mass is 10.0. The van der Waals surface area contributed by atoms with Crippen molar-refractivity contribution >= 4 is 17.3 Å². The Morgan fingerprint density at radius 3 is 2.28 bits per heavy atom. The number of ether oxygens (including phenoxy) is 1. The van der Waals surface area contributed by atoms with E-state index in [-0.39, 0.29) is 11.7 Å². The molecule has 0 radical (unpaired) electrons. The molecule has 7 nitrogen and oxygen atoms in total. The van der Waals surface area contributed by atoms with Gasteiger partial charge in [-0.25, -0.2) is 4.98 Å². The van der Waals surface area contributed by atoms with Crippen molar-refractivity contribution in [3.05, 3.63) is 78.1 Å². The number of carbonyl (C=O) groups is 2. The van der Waals surface area contributed by atoms with Gasteiger partial charge in [0.1, 0.15) is 11.4 Å². The van der Waals surface area contributed by atoms with Gasteiger partial charge < -0.3 is 14.0 Å². The number of pyridine rings is 1. The fraction of sp³-hybridized carbons (Fsp3) is 0.276. The molecule has 36 heavy (non-hydrogen) atoms. The zero-order valence-electron chi connectivity index (χ0n) is 20.9. The molecule has 0 saturated carbocycles. The predicted octanol–water partition coefficient (Wildman–Crippen LogP) is 4.54. The van der Waals surface area contributed by atoms with Gasteiger partial charge in [0, 0.05) is 57.0 Å². The lowest BCUT2D eigenvalue weighted by Crippen LogP contribution is -2.47. The third-order valence-corrected chi connectivity index (χ3v) is 6.88. The summed E-state index contributed by atoms with van der Waals surface area (Å²) in [6.45, 7) is 7.02. The smallest absolute Gasteiger partial charge is 0.219 e. The lowest BCUT2D eigenvalue weighted by Gasteiger charge is -2.34. The molecule has 7 heteroatoms. The molecule has 0 atom stereocenters. The Morgan fingerprint density at radius 2 is 1.61 bits per heavy atom. The number of nitrogens with zero attached hydrogens (tertiary/aromatic N) is 4. The van der Waals surface area contributed by atoms with Gasteiger partial charge in [-0.05, 0) is 42.3 Å². The number of aromatic nitrogens is 2. The Labute approximate surface area is 210 Å². The molecule has 1 saturated heterocycles. The summed E-state index contributed by atoms with van der Waals surface area (Å²) in [4.78, 5) is 32.8. The van der Waals surface area contributed by atoms with Crippen LogP contribution in [0.5, 0.6) is 5.75 Å². The third-order valence-electron chi connectivity index (χ3n) is 6.88. The summed E-state index contributed by atoms with van der Waals surface area (Å²) in [5.41, 5.74) is 6.68. The third kappa shape index (κ3) is 4.75. The maximum Gasteiger partial charge on any atom is 0.219 e. The zero-order valence-corrected chi connectivity index (χ0v) is 20.9. The van der Waals surface area contributed by atoms with Crippen molar-refractivity contribution in [3.63, 3.8) is 0 Å². The minimum Gasteiger partial charge on any atom is -0.497 e. The summed E-state index contributed by atoms with van der Waals surface area (Å²) in [6, 6.07) is 19.8. The van der Waals surface area contributed by atoms with Crippen molar-refractivity contribution in [2.45, 2.75) is 20.4 Å². The Kier molecular flexibility index (Phi) is 6.57. The molecule has 184 valence electrons. The number of benzene rings is 2. The Hall–Kier alpha value is -3.97. The van der Waals surface area contributed by atoms with Gasteiger partial charge in [-0.1, -0.05) is 36.4 Å². The molecule has 0 unspecified atom stereocenters. The number of carbonyl (C=O) groups excluding carboxylic acids is 2. The highest BCUT2D eigenvalue weighted by atomic mass is 16.5. The maximum absolute atomic E-state index is 11.8. The summed E-state index contributed by atoms with van der Waals surface area (Å²) in [6.07, 6.45) is 2.12. The van der Waals surface area contributed by atoms with E-state index < -0.39 is 0 Å². The van der Waals surface area contributed by atoms with Crippen molar-refractivity contribution in [1.82, 2.24) is 19.2 Å². The topological polar surface area (TPSA) is 67.2 Å². The van der Waals surface area contributed by atoms with Gasteiger partial charge in [-0.15, -0.1) is 0 Å². The minimum atomic E-state index is 0.0571. The molecule has 1 fully saturated rings. The highest BCUT2D eigenvalue weighted by Crippen LogP contribution is 2.30. The number of imidazole rings is 1. The molecule has 1 amide bonds. The van der Waals surface area contributed by atoms with Crippen molar-refractivity contribution < 1.29 is 14.3 Å². The molecule has 0 spiro atoms. The highest BCUT2D eigenvalue weighted by molar-refractivity contribution is 5.94. The standard InChI is InChI=1S/C29H30N4O3/c1-20(34)22-7-9-23(10-8-22)25-11-12-28-30-29(24-5-4-6-26(17-24)36-3)27(33(28)18-25)19-31-13-15-32(16-14-31)21(2)35/h4-12,17-18H,13-16,19H2,1-3H3. The molecule has 1 aliphatic rings. The van der Waals surface area contributed by atoms with Crippen LogP contribution >= 0.6 is 0 Å². The number of Topliss-reactive ketones (excluding diaryl/α,β-unsaturated/α-hetero) is 1. The van der Waals surface area contributed by atoms with E-state index in [1.807, 2.05) is 53.4 Å². The van der Waals surface area contributed by atoms with Crippen LogP contribution in [0.2, 0.25) is 0 Å². The van der Waals surface area contributed by atoms with Crippen LogP contribution in [0.15, 0.2) is 66.9 Å². The summed E-state index contributed by atoms with van der Waals surface area (Å²) in [5.74, 6) is 0.973. The van der Waals surface area contributed by atoms with E-state index in [0.717, 1.165) is 65.7 Å². The molecular formula is C29H30N4O3. The first-order valence-electron chi connectivity index (χ1n) is 12.2. The van der Waals surface area contributed by atoms with Gasteiger partial charge in [0.25, 0.3) is 0 Å². The summed E-state index contributed by atoms with van der Waals surface area (Å²) < 4.78 is 7.64. The van der Waals surface area contributed by atoms with Crippen LogP contribution in [0.4, 0.5) is 0 Å². The number of hydrogen-bond donors (Lipinski definition) is 0. The van der Waals surface area contributed by atoms with E-state index >= 15 is 0 Å². The molecule has 1 aliphatic heterocycles. The van der Waals surface area contributed by atoms with Crippen LogP contribution < -0.4 is 4.74 Å². The Bertz CT molecular complexity index is 1420. The van der Waals surface area contributed by atoms with Crippen LogP contribution in [0.25, 0.3) is 28.0 Å². The van der Waals surface area contributed by atoms with Crippen LogP contribution in [0.3, 0.4) is 0 Å². The zero-order chi connectivity index (χ0) is 25.2. The van der Waals surface area contributed by atoms with Gasteiger partial charge in [-0.2, -0.15) is 0 Å². The fourth-order valence-electron chi connectivity index (χ4n) is 4.75. The van der Waals surface area contributed by atoms with E-state index in [0.29, 0.717) is 12.1 Å². The van der Waals surface area contributed by atoms with Gasteiger partial charge in [0.05, 0.1) is 18.5 Å². The average molecular weight is 483 g/mol. The van der Waals surface area contributed by atoms with Crippen molar-refractivity contribution in [3.8, 4) is 28.1 Å². The van der Waals surface area contributed by atoms with Crippen LogP contribution in [0.1, 0.15) is 29.9 Å². The summed E-state index contributed by atoms with van der Waals surface area (Å²) in [7, 11) is 1.67. The van der Waals surface area contributed by atoms with Gasteiger partial charge in [-0.3, -0.25) is 14.5 Å². The Balaban J connectivity index is 1.56. The number of hydrogen-bond acceptors (Lipinski definition) is 5. The summed E-state index contributed by atoms with van der Waals surface area (Å²) >= 11 is 0. The molecule has 2 aromatic heterocycles. The number of amides is 1. The quantitative estimate of drug-likeness (QED) is 0.378. The second-order valence-corrected chi connectivity index (χ2v) is 9.20. The van der Waals surface area contributed by atoms with E-state index in [4.69, 9.17) is 9.72 Å². The van der Waals surface area contributed by atoms with Crippen molar-refractivity contribution in [2.24, 2.45) is 0 Å². The normalized spacial score (nSPS) is 14.2. The Morgan fingerprint density at radius 1 is 0.889 bits per heavy atom. The average Bonchev–Trinajstić information content (AvgIpc) is 3.26. The molecule has 5 rings (SSSR count). The first-order valence-corrected chi connectivity index (χ1v) is 12.2. The molecule has 3 heterocycles. The predicted molar refractivity (Wildman–Crippen MR) is 140 cm³/mol. The van der Waals surface area contributed by atoms with Gasteiger partial charge in [0.2, 0.25) is 5.91 Å². The van der Waals surface area contributed by atoms with Crippen LogP contribution in [-0.2, 0) is 11.3 Å². The first kappa shape index (κ1) is 23.8. The van der Waals surface area contributed by atoms with E-state index in [1.165, 1.54) is 0 Å². The van der Waals surface area contributed by atoms with E-state index in [9.17, 15) is 9.59 Å². The van der Waals surface area contributed by atoms with Crippen molar-refractivity contribution in [2.75, 3.05) is 33.3 Å². The highest BCUT2D eigenvalue weighted by Gasteiger charge is 2.22. The number of rotatable bonds is 6. The second-order valence-electron chi connectivity index (χ2n) is 9.20. The molecule has 0 bridgehead atoms. The molecule has 0 N–H and O–H groups in total. The maximum atomic E-state index is 11.8. The van der Waals surface area contributed by atoms with Crippen LogP contribution in [0, 0.1) is 0 Å². The first-order chi connectivity index (χ1) is 17.4. The lowest BCUT2D eigenvalue weighted by molar-refractivity contribution is -0.130. The minimum absolute atomic E-state index is 0.0571. The SMILES string of the molecule is COc1cccc(-c2nc3ccc(-c4ccc(C(C)=O)cc4)cn3c2CN2CCN(C(C)=O)CC2)c1. The van der Waals surface area contributed by atoms with Gasteiger partial charge >= 0.3 is 0 Å². The largest absolute Gasteiger partial charge is 0.497 e.